The van der Waals surface area contributed by atoms with Gasteiger partial charge in [0.05, 0.1) is 5.56 Å². The summed E-state index contributed by atoms with van der Waals surface area (Å²) >= 11 is 0. The van der Waals surface area contributed by atoms with Gasteiger partial charge in [-0.3, -0.25) is 4.79 Å². The third-order valence-corrected chi connectivity index (χ3v) is 3.15. The highest BCUT2D eigenvalue weighted by molar-refractivity contribution is 5.93. The van der Waals surface area contributed by atoms with Crippen molar-refractivity contribution >= 4 is 17.5 Å². The second-order valence-electron chi connectivity index (χ2n) is 5.29. The average molecular weight is 299 g/mol. The maximum Gasteiger partial charge on any atom is 0.254 e. The number of amides is 1. The molecule has 0 aliphatic carbocycles. The Morgan fingerprint density at radius 2 is 1.86 bits per heavy atom. The Kier molecular flexibility index (Phi) is 5.43. The fraction of sp³-hybridized carbons (Fsp3) is 0.312. The number of para-hydroxylation sites is 1. The number of anilines is 2. The lowest BCUT2D eigenvalue weighted by Gasteiger charge is -2.10. The Morgan fingerprint density at radius 3 is 2.50 bits per heavy atom. The molecule has 0 spiro atoms. The monoisotopic (exact) mass is 299 g/mol. The molecule has 2 rings (SSSR count). The van der Waals surface area contributed by atoms with Crippen LogP contribution < -0.4 is 10.6 Å². The summed E-state index contributed by atoms with van der Waals surface area (Å²) in [5, 5.41) is 5.96. The Labute approximate surface area is 130 Å². The molecule has 2 aromatic rings. The molecule has 0 bridgehead atoms. The minimum Gasteiger partial charge on any atom is -0.351 e. The third-order valence-electron chi connectivity index (χ3n) is 3.15. The molecule has 22 heavy (non-hydrogen) atoms. The molecule has 0 aliphatic rings. The van der Waals surface area contributed by atoms with Gasteiger partial charge in [-0.05, 0) is 32.6 Å². The molecule has 0 saturated carbocycles. The summed E-state index contributed by atoms with van der Waals surface area (Å²) in [6.45, 7) is 3.39. The standard InChI is InChI=1S/C16H21N5O/c1-12-6-4-5-7-14(12)20-16-18-10-13(11-19-16)15(22)17-8-9-21(2)3/h4-7,10-11H,8-9H2,1-3H3,(H,17,22)(H,18,19,20). The zero-order valence-corrected chi connectivity index (χ0v) is 13.1. The number of carbonyl (C=O) groups is 1. The van der Waals surface area contributed by atoms with E-state index in [1.807, 2.05) is 50.2 Å². The number of benzene rings is 1. The van der Waals surface area contributed by atoms with Gasteiger partial charge in [-0.1, -0.05) is 18.2 Å². The summed E-state index contributed by atoms with van der Waals surface area (Å²) in [5.74, 6) is 0.309. The van der Waals surface area contributed by atoms with Crippen LogP contribution in [0, 0.1) is 6.92 Å². The number of hydrogen-bond donors (Lipinski definition) is 2. The predicted molar refractivity (Wildman–Crippen MR) is 87.4 cm³/mol. The van der Waals surface area contributed by atoms with Crippen molar-refractivity contribution in [3.63, 3.8) is 0 Å². The molecular formula is C16H21N5O. The van der Waals surface area contributed by atoms with Gasteiger partial charge in [-0.25, -0.2) is 9.97 Å². The number of aromatic nitrogens is 2. The number of hydrogen-bond acceptors (Lipinski definition) is 5. The van der Waals surface area contributed by atoms with E-state index in [0.29, 0.717) is 18.1 Å². The molecule has 0 saturated heterocycles. The van der Waals surface area contributed by atoms with E-state index in [9.17, 15) is 4.79 Å². The SMILES string of the molecule is Cc1ccccc1Nc1ncc(C(=O)NCCN(C)C)cn1. The molecule has 6 nitrogen and oxygen atoms in total. The summed E-state index contributed by atoms with van der Waals surface area (Å²) in [4.78, 5) is 22.3. The van der Waals surface area contributed by atoms with Crippen LogP contribution in [0.5, 0.6) is 0 Å². The van der Waals surface area contributed by atoms with Crippen molar-refractivity contribution in [2.75, 3.05) is 32.5 Å². The Hall–Kier alpha value is -2.47. The van der Waals surface area contributed by atoms with Gasteiger partial charge in [0.2, 0.25) is 5.95 Å². The minimum absolute atomic E-state index is 0.163. The van der Waals surface area contributed by atoms with Gasteiger partial charge in [-0.15, -0.1) is 0 Å². The number of likely N-dealkylation sites (N-methyl/N-ethyl adjacent to an activating group) is 1. The van der Waals surface area contributed by atoms with Crippen molar-refractivity contribution < 1.29 is 4.79 Å². The molecule has 0 unspecified atom stereocenters. The fourth-order valence-corrected chi connectivity index (χ4v) is 1.84. The van der Waals surface area contributed by atoms with Crippen molar-refractivity contribution in [1.29, 1.82) is 0 Å². The summed E-state index contributed by atoms with van der Waals surface area (Å²) < 4.78 is 0. The van der Waals surface area contributed by atoms with Crippen LogP contribution in [0.4, 0.5) is 11.6 Å². The smallest absolute Gasteiger partial charge is 0.254 e. The van der Waals surface area contributed by atoms with E-state index in [1.165, 1.54) is 12.4 Å². The zero-order valence-electron chi connectivity index (χ0n) is 13.1. The number of nitrogens with zero attached hydrogens (tertiary/aromatic N) is 3. The number of rotatable bonds is 6. The Balaban J connectivity index is 1.95. The summed E-state index contributed by atoms with van der Waals surface area (Å²) in [6, 6.07) is 7.89. The van der Waals surface area contributed by atoms with Crippen molar-refractivity contribution in [2.24, 2.45) is 0 Å². The van der Waals surface area contributed by atoms with Crippen LogP contribution in [-0.4, -0.2) is 48.0 Å². The first kappa shape index (κ1) is 15.9. The van der Waals surface area contributed by atoms with Crippen molar-refractivity contribution in [1.82, 2.24) is 20.2 Å². The lowest BCUT2D eigenvalue weighted by Crippen LogP contribution is -2.31. The number of carbonyl (C=O) groups excluding carboxylic acids is 1. The van der Waals surface area contributed by atoms with E-state index >= 15 is 0 Å². The first-order valence-corrected chi connectivity index (χ1v) is 7.14. The summed E-state index contributed by atoms with van der Waals surface area (Å²) in [5.41, 5.74) is 2.51. The second-order valence-corrected chi connectivity index (χ2v) is 5.29. The van der Waals surface area contributed by atoms with Crippen molar-refractivity contribution in [2.45, 2.75) is 6.92 Å². The van der Waals surface area contributed by atoms with E-state index in [2.05, 4.69) is 20.6 Å². The predicted octanol–water partition coefficient (Wildman–Crippen LogP) is 1.82. The molecular weight excluding hydrogens is 278 g/mol. The fourth-order valence-electron chi connectivity index (χ4n) is 1.84. The van der Waals surface area contributed by atoms with Crippen molar-refractivity contribution in [3.05, 3.63) is 47.8 Å². The maximum atomic E-state index is 11.9. The number of aryl methyl sites for hydroxylation is 1. The van der Waals surface area contributed by atoms with Gasteiger partial charge in [0.25, 0.3) is 5.91 Å². The van der Waals surface area contributed by atoms with E-state index < -0.39 is 0 Å². The van der Waals surface area contributed by atoms with Gasteiger partial charge in [-0.2, -0.15) is 0 Å². The van der Waals surface area contributed by atoms with Gasteiger partial charge in [0, 0.05) is 31.2 Å². The van der Waals surface area contributed by atoms with Gasteiger partial charge < -0.3 is 15.5 Å². The lowest BCUT2D eigenvalue weighted by molar-refractivity contribution is 0.0950. The largest absolute Gasteiger partial charge is 0.351 e. The molecule has 0 radical (unpaired) electrons. The summed E-state index contributed by atoms with van der Waals surface area (Å²) in [6.07, 6.45) is 3.05. The number of nitrogens with one attached hydrogen (secondary N) is 2. The van der Waals surface area contributed by atoms with E-state index in [4.69, 9.17) is 0 Å². The van der Waals surface area contributed by atoms with E-state index in [-0.39, 0.29) is 5.91 Å². The quantitative estimate of drug-likeness (QED) is 0.851. The molecule has 0 atom stereocenters. The molecule has 0 fully saturated rings. The first-order chi connectivity index (χ1) is 10.6. The highest BCUT2D eigenvalue weighted by Crippen LogP contribution is 2.16. The van der Waals surface area contributed by atoms with Crippen LogP contribution in [0.15, 0.2) is 36.7 Å². The molecule has 1 aromatic carbocycles. The van der Waals surface area contributed by atoms with E-state index in [1.54, 1.807) is 0 Å². The van der Waals surface area contributed by atoms with Gasteiger partial charge in [0.15, 0.2) is 0 Å². The highest BCUT2D eigenvalue weighted by Gasteiger charge is 2.07. The van der Waals surface area contributed by atoms with Crippen molar-refractivity contribution in [3.8, 4) is 0 Å². The topological polar surface area (TPSA) is 70.2 Å². The molecule has 1 heterocycles. The second kappa shape index (κ2) is 7.51. The van der Waals surface area contributed by atoms with E-state index in [0.717, 1.165) is 17.8 Å². The molecule has 0 aliphatic heterocycles. The van der Waals surface area contributed by atoms with Gasteiger partial charge >= 0.3 is 0 Å². The molecule has 6 heteroatoms. The molecule has 1 amide bonds. The van der Waals surface area contributed by atoms with Crippen LogP contribution in [0.3, 0.4) is 0 Å². The minimum atomic E-state index is -0.163. The maximum absolute atomic E-state index is 11.9. The van der Waals surface area contributed by atoms with Crippen LogP contribution in [-0.2, 0) is 0 Å². The highest BCUT2D eigenvalue weighted by atomic mass is 16.1. The lowest BCUT2D eigenvalue weighted by atomic mass is 10.2. The molecule has 116 valence electrons. The molecule has 2 N–H and O–H groups in total. The average Bonchev–Trinajstić information content (AvgIpc) is 2.50. The first-order valence-electron chi connectivity index (χ1n) is 7.14. The van der Waals surface area contributed by atoms with Crippen LogP contribution in [0.1, 0.15) is 15.9 Å². The van der Waals surface area contributed by atoms with Crippen LogP contribution in [0.2, 0.25) is 0 Å². The Bertz CT molecular complexity index is 625. The zero-order chi connectivity index (χ0) is 15.9. The molecule has 1 aromatic heterocycles. The Morgan fingerprint density at radius 1 is 1.18 bits per heavy atom. The van der Waals surface area contributed by atoms with Crippen LogP contribution >= 0.6 is 0 Å². The normalized spacial score (nSPS) is 10.5. The summed E-state index contributed by atoms with van der Waals surface area (Å²) in [7, 11) is 3.92. The van der Waals surface area contributed by atoms with Gasteiger partial charge in [0.1, 0.15) is 0 Å². The third kappa shape index (κ3) is 4.53. The van der Waals surface area contributed by atoms with Crippen LogP contribution in [0.25, 0.3) is 0 Å².